The van der Waals surface area contributed by atoms with Crippen molar-refractivity contribution in [1.82, 2.24) is 15.1 Å². The summed E-state index contributed by atoms with van der Waals surface area (Å²) in [6.45, 7) is 4.51. The number of aryl methyl sites for hydroxylation is 1. The largest absolute Gasteiger partial charge is 0.497 e. The quantitative estimate of drug-likeness (QED) is 0.693. The molecule has 0 atom stereocenters. The summed E-state index contributed by atoms with van der Waals surface area (Å²) in [4.78, 5) is 24.3. The van der Waals surface area contributed by atoms with Gasteiger partial charge in [-0.3, -0.25) is 9.48 Å². The Morgan fingerprint density at radius 2 is 2.12 bits per heavy atom. The van der Waals surface area contributed by atoms with Gasteiger partial charge >= 0.3 is 5.63 Å². The van der Waals surface area contributed by atoms with Crippen LogP contribution in [0, 0.1) is 13.8 Å². The van der Waals surface area contributed by atoms with Gasteiger partial charge < -0.3 is 14.5 Å². The second-order valence-electron chi connectivity index (χ2n) is 5.81. The van der Waals surface area contributed by atoms with E-state index in [9.17, 15) is 9.59 Å². The molecule has 0 spiro atoms. The minimum absolute atomic E-state index is 0.255. The van der Waals surface area contributed by atoms with Crippen molar-refractivity contribution in [2.75, 3.05) is 13.7 Å². The Labute approximate surface area is 154 Å². The van der Waals surface area contributed by atoms with E-state index in [4.69, 9.17) is 20.8 Å². The molecule has 3 aromatic rings. The predicted molar refractivity (Wildman–Crippen MR) is 98.1 cm³/mol. The number of hydrogen-bond acceptors (Lipinski definition) is 5. The van der Waals surface area contributed by atoms with E-state index < -0.39 is 5.63 Å². The summed E-state index contributed by atoms with van der Waals surface area (Å²) in [6.07, 6.45) is 0. The molecule has 1 N–H and O–H groups in total. The predicted octanol–water partition coefficient (Wildman–Crippen LogP) is 2.70. The number of ether oxygens (including phenoxy) is 1. The van der Waals surface area contributed by atoms with Crippen LogP contribution in [-0.4, -0.2) is 29.3 Å². The number of benzene rings is 1. The van der Waals surface area contributed by atoms with Crippen molar-refractivity contribution in [3.05, 3.63) is 56.7 Å². The van der Waals surface area contributed by atoms with E-state index in [2.05, 4.69) is 10.4 Å². The molecule has 0 aliphatic carbocycles. The van der Waals surface area contributed by atoms with Crippen molar-refractivity contribution in [3.63, 3.8) is 0 Å². The number of hydrogen-bond donors (Lipinski definition) is 1. The summed E-state index contributed by atoms with van der Waals surface area (Å²) < 4.78 is 12.0. The maximum atomic E-state index is 12.5. The first-order valence-corrected chi connectivity index (χ1v) is 8.38. The first-order valence-electron chi connectivity index (χ1n) is 8.00. The first kappa shape index (κ1) is 18.0. The zero-order valence-corrected chi connectivity index (χ0v) is 15.4. The van der Waals surface area contributed by atoms with Crippen LogP contribution < -0.4 is 15.7 Å². The maximum absolute atomic E-state index is 12.5. The highest BCUT2D eigenvalue weighted by molar-refractivity contribution is 6.31. The van der Waals surface area contributed by atoms with Gasteiger partial charge in [-0.15, -0.1) is 0 Å². The summed E-state index contributed by atoms with van der Waals surface area (Å²) in [5.74, 6) is 0.181. The van der Waals surface area contributed by atoms with Crippen LogP contribution in [0.2, 0.25) is 5.02 Å². The topological polar surface area (TPSA) is 86.4 Å². The highest BCUT2D eigenvalue weighted by Gasteiger charge is 2.14. The summed E-state index contributed by atoms with van der Waals surface area (Å²) in [6, 6.07) is 6.15. The Hall–Kier alpha value is -2.80. The molecule has 2 aromatic heterocycles. The van der Waals surface area contributed by atoms with Gasteiger partial charge in [-0.2, -0.15) is 5.10 Å². The molecule has 0 unspecified atom stereocenters. The molecule has 0 fully saturated rings. The average molecular weight is 376 g/mol. The Kier molecular flexibility index (Phi) is 4.99. The van der Waals surface area contributed by atoms with Gasteiger partial charge in [0, 0.05) is 24.1 Å². The van der Waals surface area contributed by atoms with Gasteiger partial charge in [-0.05, 0) is 26.0 Å². The zero-order chi connectivity index (χ0) is 18.8. The number of rotatable bonds is 5. The lowest BCUT2D eigenvalue weighted by atomic mass is 10.1. The zero-order valence-electron chi connectivity index (χ0n) is 14.6. The molecule has 2 heterocycles. The van der Waals surface area contributed by atoms with E-state index in [1.807, 2.05) is 13.8 Å². The van der Waals surface area contributed by atoms with Crippen LogP contribution in [0.3, 0.4) is 0 Å². The smallest absolute Gasteiger partial charge is 0.337 e. The molecule has 0 aliphatic rings. The van der Waals surface area contributed by atoms with E-state index in [0.29, 0.717) is 34.8 Å². The third kappa shape index (κ3) is 3.43. The van der Waals surface area contributed by atoms with E-state index >= 15 is 0 Å². The van der Waals surface area contributed by atoms with Crippen molar-refractivity contribution in [1.29, 1.82) is 0 Å². The Morgan fingerprint density at radius 1 is 1.35 bits per heavy atom. The van der Waals surface area contributed by atoms with Crippen LogP contribution in [-0.2, 0) is 6.54 Å². The Morgan fingerprint density at radius 3 is 2.77 bits per heavy atom. The molecule has 0 saturated heterocycles. The molecule has 26 heavy (non-hydrogen) atoms. The van der Waals surface area contributed by atoms with Gasteiger partial charge in [-0.1, -0.05) is 11.6 Å². The van der Waals surface area contributed by atoms with Gasteiger partial charge in [0.15, 0.2) is 0 Å². The third-order valence-electron chi connectivity index (χ3n) is 4.10. The van der Waals surface area contributed by atoms with Gasteiger partial charge in [0.05, 0.1) is 35.6 Å². The van der Waals surface area contributed by atoms with E-state index in [1.165, 1.54) is 13.2 Å². The molecule has 1 aromatic carbocycles. The van der Waals surface area contributed by atoms with Crippen LogP contribution in [0.4, 0.5) is 0 Å². The Bertz CT molecular complexity index is 1040. The van der Waals surface area contributed by atoms with E-state index in [1.54, 1.807) is 22.9 Å². The monoisotopic (exact) mass is 375 g/mol. The standard InChI is InChI=1S/C18H18ClN3O4/c1-10-17(19)11(2)22(21-10)7-6-20-18(24)14-9-16(23)26-15-8-12(25-3)4-5-13(14)15/h4-5,8-9H,6-7H2,1-3H3,(H,20,24). The minimum Gasteiger partial charge on any atom is -0.497 e. The molecule has 0 bridgehead atoms. The first-order chi connectivity index (χ1) is 12.4. The van der Waals surface area contributed by atoms with Gasteiger partial charge in [0.2, 0.25) is 0 Å². The maximum Gasteiger partial charge on any atom is 0.337 e. The van der Waals surface area contributed by atoms with Crippen LogP contribution in [0.5, 0.6) is 5.75 Å². The molecule has 7 nitrogen and oxygen atoms in total. The fourth-order valence-corrected chi connectivity index (χ4v) is 2.86. The number of nitrogens with one attached hydrogen (secondary N) is 1. The van der Waals surface area contributed by atoms with Gasteiger partial charge in [-0.25, -0.2) is 4.79 Å². The van der Waals surface area contributed by atoms with Crippen LogP contribution >= 0.6 is 11.6 Å². The summed E-state index contributed by atoms with van der Waals surface area (Å²) in [5, 5.41) is 8.27. The molecule has 3 rings (SSSR count). The number of nitrogens with zero attached hydrogens (tertiary/aromatic N) is 2. The van der Waals surface area contributed by atoms with Crippen LogP contribution in [0.1, 0.15) is 21.7 Å². The molecule has 0 aliphatic heterocycles. The highest BCUT2D eigenvalue weighted by Crippen LogP contribution is 2.22. The fraction of sp³-hybridized carbons (Fsp3) is 0.278. The van der Waals surface area contributed by atoms with Gasteiger partial charge in [0.1, 0.15) is 11.3 Å². The van der Waals surface area contributed by atoms with Crippen LogP contribution in [0.25, 0.3) is 11.0 Å². The highest BCUT2D eigenvalue weighted by atomic mass is 35.5. The average Bonchev–Trinajstić information content (AvgIpc) is 2.87. The van der Waals surface area contributed by atoms with Crippen LogP contribution in [0.15, 0.2) is 33.5 Å². The minimum atomic E-state index is -0.596. The second-order valence-corrected chi connectivity index (χ2v) is 6.18. The lowest BCUT2D eigenvalue weighted by Crippen LogP contribution is -2.28. The summed E-state index contributed by atoms with van der Waals surface area (Å²) in [5.41, 5.74) is 1.55. The number of fused-ring (bicyclic) bond motifs is 1. The summed E-state index contributed by atoms with van der Waals surface area (Å²) >= 11 is 6.12. The molecule has 0 saturated carbocycles. The SMILES string of the molecule is COc1ccc2c(C(=O)NCCn3nc(C)c(Cl)c3C)cc(=O)oc2c1. The Balaban J connectivity index is 1.79. The van der Waals surface area contributed by atoms with E-state index in [-0.39, 0.29) is 11.5 Å². The van der Waals surface area contributed by atoms with Crippen molar-refractivity contribution in [3.8, 4) is 5.75 Å². The lowest BCUT2D eigenvalue weighted by Gasteiger charge is -2.09. The summed E-state index contributed by atoms with van der Waals surface area (Å²) in [7, 11) is 1.51. The van der Waals surface area contributed by atoms with Crippen molar-refractivity contribution >= 4 is 28.5 Å². The normalized spacial score (nSPS) is 10.9. The van der Waals surface area contributed by atoms with E-state index in [0.717, 1.165) is 11.4 Å². The molecule has 1 amide bonds. The second kappa shape index (κ2) is 7.21. The van der Waals surface area contributed by atoms with Crippen molar-refractivity contribution in [2.45, 2.75) is 20.4 Å². The fourth-order valence-electron chi connectivity index (χ4n) is 2.72. The molecule has 0 radical (unpaired) electrons. The number of amides is 1. The van der Waals surface area contributed by atoms with Crippen molar-refractivity contribution < 1.29 is 13.9 Å². The third-order valence-corrected chi connectivity index (χ3v) is 4.65. The number of carbonyl (C=O) groups excluding carboxylic acids is 1. The molecule has 136 valence electrons. The lowest BCUT2D eigenvalue weighted by molar-refractivity contribution is 0.0953. The van der Waals surface area contributed by atoms with Gasteiger partial charge in [0.25, 0.3) is 5.91 Å². The number of methoxy groups -OCH3 is 1. The molecular weight excluding hydrogens is 358 g/mol. The van der Waals surface area contributed by atoms with Crippen molar-refractivity contribution in [2.24, 2.45) is 0 Å². The number of halogens is 1. The number of carbonyl (C=O) groups is 1. The molecular formula is C18H18ClN3O4. The number of aromatic nitrogens is 2. The molecule has 8 heteroatoms.